The number of hydrogen-bond acceptors (Lipinski definition) is 3. The molecule has 0 unspecified atom stereocenters. The standard InChI is InChI=1S/C17H18FN3OS/c1-11-14-7-13(18)3-4-15(14)22-16(11)9-21-17(19-2)20-8-12-5-6-23-10-12/h3-7,10H,8-9H2,1-2H3,(H2,19,20,21). The third-order valence-corrected chi connectivity index (χ3v) is 4.41. The summed E-state index contributed by atoms with van der Waals surface area (Å²) in [6.07, 6.45) is 0. The van der Waals surface area contributed by atoms with Crippen molar-refractivity contribution in [2.75, 3.05) is 7.05 Å². The molecule has 3 aromatic rings. The summed E-state index contributed by atoms with van der Waals surface area (Å²) in [6.45, 7) is 3.14. The summed E-state index contributed by atoms with van der Waals surface area (Å²) >= 11 is 1.67. The van der Waals surface area contributed by atoms with Crippen LogP contribution < -0.4 is 10.6 Å². The summed E-state index contributed by atoms with van der Waals surface area (Å²) in [4.78, 5) is 4.20. The molecule has 0 aliphatic rings. The number of rotatable bonds is 4. The van der Waals surface area contributed by atoms with Gasteiger partial charge in [-0.2, -0.15) is 11.3 Å². The molecule has 120 valence electrons. The first-order valence-electron chi connectivity index (χ1n) is 7.30. The zero-order valence-electron chi connectivity index (χ0n) is 13.0. The average molecular weight is 331 g/mol. The molecule has 1 aromatic carbocycles. The van der Waals surface area contributed by atoms with Crippen molar-refractivity contribution in [2.45, 2.75) is 20.0 Å². The van der Waals surface area contributed by atoms with Gasteiger partial charge >= 0.3 is 0 Å². The number of hydrogen-bond donors (Lipinski definition) is 2. The normalized spacial score (nSPS) is 11.9. The summed E-state index contributed by atoms with van der Waals surface area (Å²) in [6, 6.07) is 6.64. The van der Waals surface area contributed by atoms with Gasteiger partial charge in [-0.25, -0.2) is 4.39 Å². The maximum absolute atomic E-state index is 13.3. The van der Waals surface area contributed by atoms with Crippen molar-refractivity contribution >= 4 is 28.3 Å². The lowest BCUT2D eigenvalue weighted by molar-refractivity contribution is 0.534. The molecule has 2 heterocycles. The molecule has 2 N–H and O–H groups in total. The van der Waals surface area contributed by atoms with Gasteiger partial charge in [0.1, 0.15) is 17.2 Å². The van der Waals surface area contributed by atoms with Crippen LogP contribution in [0.25, 0.3) is 11.0 Å². The molecule has 0 fully saturated rings. The van der Waals surface area contributed by atoms with Crippen LogP contribution in [0.1, 0.15) is 16.9 Å². The van der Waals surface area contributed by atoms with Gasteiger partial charge in [-0.3, -0.25) is 4.99 Å². The Balaban J connectivity index is 1.66. The molecule has 0 amide bonds. The summed E-state index contributed by atoms with van der Waals surface area (Å²) in [5, 5.41) is 11.4. The van der Waals surface area contributed by atoms with E-state index in [4.69, 9.17) is 4.42 Å². The fraction of sp³-hybridized carbons (Fsp3) is 0.235. The largest absolute Gasteiger partial charge is 0.459 e. The van der Waals surface area contributed by atoms with Crippen molar-refractivity contribution in [2.24, 2.45) is 4.99 Å². The monoisotopic (exact) mass is 331 g/mol. The van der Waals surface area contributed by atoms with E-state index in [9.17, 15) is 4.39 Å². The first kappa shape index (κ1) is 15.6. The molecule has 4 nitrogen and oxygen atoms in total. The highest BCUT2D eigenvalue weighted by atomic mass is 32.1. The number of halogens is 1. The van der Waals surface area contributed by atoms with Gasteiger partial charge in [0.2, 0.25) is 0 Å². The van der Waals surface area contributed by atoms with E-state index in [0.717, 1.165) is 16.7 Å². The minimum absolute atomic E-state index is 0.255. The molecule has 0 atom stereocenters. The van der Waals surface area contributed by atoms with E-state index in [1.165, 1.54) is 17.7 Å². The van der Waals surface area contributed by atoms with E-state index >= 15 is 0 Å². The molecule has 3 rings (SSSR count). The van der Waals surface area contributed by atoms with Crippen LogP contribution in [0.2, 0.25) is 0 Å². The van der Waals surface area contributed by atoms with Crippen LogP contribution in [0.5, 0.6) is 0 Å². The predicted molar refractivity (Wildman–Crippen MR) is 92.3 cm³/mol. The quantitative estimate of drug-likeness (QED) is 0.565. The second-order valence-electron chi connectivity index (χ2n) is 5.20. The Morgan fingerprint density at radius 3 is 2.83 bits per heavy atom. The van der Waals surface area contributed by atoms with Gasteiger partial charge in [-0.1, -0.05) is 0 Å². The van der Waals surface area contributed by atoms with E-state index in [0.29, 0.717) is 24.6 Å². The van der Waals surface area contributed by atoms with Gasteiger partial charge < -0.3 is 15.1 Å². The molecule has 0 bridgehead atoms. The Labute approximate surface area is 138 Å². The topological polar surface area (TPSA) is 49.6 Å². The summed E-state index contributed by atoms with van der Waals surface area (Å²) < 4.78 is 19.1. The first-order chi connectivity index (χ1) is 11.2. The number of benzene rings is 1. The predicted octanol–water partition coefficient (Wildman–Crippen LogP) is 3.81. The highest BCUT2D eigenvalue weighted by molar-refractivity contribution is 7.07. The maximum atomic E-state index is 13.3. The number of fused-ring (bicyclic) bond motifs is 1. The Hall–Kier alpha value is -2.34. The second kappa shape index (κ2) is 6.83. The third-order valence-electron chi connectivity index (χ3n) is 3.68. The van der Waals surface area contributed by atoms with E-state index in [1.54, 1.807) is 24.5 Å². The van der Waals surface area contributed by atoms with Gasteiger partial charge in [-0.15, -0.1) is 0 Å². The minimum atomic E-state index is -0.255. The highest BCUT2D eigenvalue weighted by Gasteiger charge is 2.11. The SMILES string of the molecule is CN=C(NCc1ccsc1)NCc1oc2ccc(F)cc2c1C. The molecule has 23 heavy (non-hydrogen) atoms. The fourth-order valence-corrected chi connectivity index (χ4v) is 3.04. The molecule has 0 saturated carbocycles. The van der Waals surface area contributed by atoms with Crippen molar-refractivity contribution in [1.29, 1.82) is 0 Å². The van der Waals surface area contributed by atoms with Crippen LogP contribution in [-0.2, 0) is 13.1 Å². The number of thiophene rings is 1. The van der Waals surface area contributed by atoms with Crippen LogP contribution in [-0.4, -0.2) is 13.0 Å². The van der Waals surface area contributed by atoms with E-state index < -0.39 is 0 Å². The van der Waals surface area contributed by atoms with Crippen LogP contribution in [0, 0.1) is 12.7 Å². The van der Waals surface area contributed by atoms with Gasteiger partial charge in [0, 0.05) is 24.5 Å². The Morgan fingerprint density at radius 2 is 2.09 bits per heavy atom. The zero-order valence-corrected chi connectivity index (χ0v) is 13.8. The van der Waals surface area contributed by atoms with Crippen molar-refractivity contribution < 1.29 is 8.81 Å². The number of aliphatic imine (C=N–C) groups is 1. The summed E-state index contributed by atoms with van der Waals surface area (Å²) in [5.74, 6) is 1.22. The van der Waals surface area contributed by atoms with Gasteiger partial charge in [0.15, 0.2) is 5.96 Å². The maximum Gasteiger partial charge on any atom is 0.191 e. The average Bonchev–Trinajstić information content (AvgIpc) is 3.17. The van der Waals surface area contributed by atoms with Crippen LogP contribution >= 0.6 is 11.3 Å². The number of aryl methyl sites for hydroxylation is 1. The van der Waals surface area contributed by atoms with Gasteiger partial charge in [0.25, 0.3) is 0 Å². The number of nitrogens with zero attached hydrogens (tertiary/aromatic N) is 1. The molecule has 6 heteroatoms. The Morgan fingerprint density at radius 1 is 1.26 bits per heavy atom. The molecule has 0 radical (unpaired) electrons. The smallest absolute Gasteiger partial charge is 0.191 e. The lowest BCUT2D eigenvalue weighted by Gasteiger charge is -2.10. The van der Waals surface area contributed by atoms with Crippen molar-refractivity contribution in [3.05, 3.63) is 57.7 Å². The summed E-state index contributed by atoms with van der Waals surface area (Å²) in [7, 11) is 1.73. The molecule has 0 aliphatic carbocycles. The molecular weight excluding hydrogens is 313 g/mol. The fourth-order valence-electron chi connectivity index (χ4n) is 2.38. The second-order valence-corrected chi connectivity index (χ2v) is 5.98. The molecular formula is C17H18FN3OS. The Bertz CT molecular complexity index is 824. The lowest BCUT2D eigenvalue weighted by Crippen LogP contribution is -2.36. The minimum Gasteiger partial charge on any atom is -0.459 e. The van der Waals surface area contributed by atoms with E-state index in [1.807, 2.05) is 12.3 Å². The molecule has 0 saturated heterocycles. The van der Waals surface area contributed by atoms with Gasteiger partial charge in [-0.05, 0) is 47.5 Å². The number of guanidine groups is 1. The van der Waals surface area contributed by atoms with E-state index in [-0.39, 0.29) is 5.82 Å². The van der Waals surface area contributed by atoms with Crippen molar-refractivity contribution in [1.82, 2.24) is 10.6 Å². The third kappa shape index (κ3) is 3.53. The first-order valence-corrected chi connectivity index (χ1v) is 8.25. The van der Waals surface area contributed by atoms with Gasteiger partial charge in [0.05, 0.1) is 6.54 Å². The highest BCUT2D eigenvalue weighted by Crippen LogP contribution is 2.25. The molecule has 0 aliphatic heterocycles. The van der Waals surface area contributed by atoms with Crippen LogP contribution in [0.4, 0.5) is 4.39 Å². The van der Waals surface area contributed by atoms with Crippen molar-refractivity contribution in [3.8, 4) is 0 Å². The molecule has 2 aromatic heterocycles. The summed E-state index contributed by atoms with van der Waals surface area (Å²) in [5.41, 5.74) is 2.86. The number of furan rings is 1. The van der Waals surface area contributed by atoms with Crippen LogP contribution in [0.3, 0.4) is 0 Å². The number of nitrogens with one attached hydrogen (secondary N) is 2. The Kier molecular flexibility index (Phi) is 4.62. The molecule has 0 spiro atoms. The lowest BCUT2D eigenvalue weighted by atomic mass is 10.1. The van der Waals surface area contributed by atoms with Crippen LogP contribution in [0.15, 0.2) is 44.4 Å². The van der Waals surface area contributed by atoms with E-state index in [2.05, 4.69) is 27.1 Å². The van der Waals surface area contributed by atoms with Crippen molar-refractivity contribution in [3.63, 3.8) is 0 Å². The zero-order chi connectivity index (χ0) is 16.2.